The van der Waals surface area contributed by atoms with Crippen LogP contribution in [0.2, 0.25) is 0 Å². The van der Waals surface area contributed by atoms with E-state index in [1.54, 1.807) is 7.11 Å². The first-order chi connectivity index (χ1) is 11.8. The topological polar surface area (TPSA) is 68.8 Å². The summed E-state index contributed by atoms with van der Waals surface area (Å²) in [5.74, 6) is 1.54. The van der Waals surface area contributed by atoms with E-state index in [-0.39, 0.29) is 11.6 Å². The zero-order valence-electron chi connectivity index (χ0n) is 15.5. The fraction of sp³-hybridized carbons (Fsp3) is 0.632. The first kappa shape index (κ1) is 17.9. The van der Waals surface area contributed by atoms with Crippen LogP contribution in [0.5, 0.6) is 11.5 Å². The summed E-state index contributed by atoms with van der Waals surface area (Å²) in [6.07, 6.45) is 2.17. The minimum atomic E-state index is -0.523. The number of carbonyl (C=O) groups is 1. The normalized spacial score (nSPS) is 21.8. The highest BCUT2D eigenvalue weighted by atomic mass is 16.6. The number of nitrogens with one attached hydrogen (secondary N) is 2. The lowest BCUT2D eigenvalue weighted by Gasteiger charge is -2.44. The highest BCUT2D eigenvalue weighted by molar-refractivity contribution is 5.69. The van der Waals surface area contributed by atoms with Gasteiger partial charge in [0.15, 0.2) is 0 Å². The number of alkyl carbamates (subject to hydrolysis) is 1. The maximum atomic E-state index is 12.3. The van der Waals surface area contributed by atoms with Gasteiger partial charge in [-0.05, 0) is 58.8 Å². The van der Waals surface area contributed by atoms with Crippen molar-refractivity contribution in [2.24, 2.45) is 0 Å². The van der Waals surface area contributed by atoms with Crippen molar-refractivity contribution in [2.75, 3.05) is 20.2 Å². The molecule has 138 valence electrons. The van der Waals surface area contributed by atoms with Gasteiger partial charge in [0, 0.05) is 18.1 Å². The van der Waals surface area contributed by atoms with E-state index in [0.29, 0.717) is 0 Å². The van der Waals surface area contributed by atoms with Crippen LogP contribution in [-0.4, -0.2) is 37.5 Å². The molecule has 0 bridgehead atoms. The summed E-state index contributed by atoms with van der Waals surface area (Å²) in [5.41, 5.74) is 0.185. The number of hydrogen-bond acceptors (Lipinski definition) is 5. The van der Waals surface area contributed by atoms with Crippen molar-refractivity contribution >= 4 is 6.09 Å². The van der Waals surface area contributed by atoms with E-state index in [1.807, 2.05) is 39.0 Å². The third-order valence-electron chi connectivity index (χ3n) is 4.70. The maximum absolute atomic E-state index is 12.3. The number of methoxy groups -OCH3 is 1. The molecule has 2 aliphatic heterocycles. The average Bonchev–Trinajstić information content (AvgIpc) is 2.53. The molecule has 1 spiro atoms. The van der Waals surface area contributed by atoms with Gasteiger partial charge < -0.3 is 24.8 Å². The third kappa shape index (κ3) is 4.18. The summed E-state index contributed by atoms with van der Waals surface area (Å²) in [4.78, 5) is 12.3. The number of piperidine rings is 1. The van der Waals surface area contributed by atoms with Crippen molar-refractivity contribution in [3.05, 3.63) is 23.8 Å². The predicted octanol–water partition coefficient (Wildman–Crippen LogP) is 3.17. The first-order valence-corrected chi connectivity index (χ1v) is 8.87. The molecular formula is C19H28N2O4. The van der Waals surface area contributed by atoms with Crippen LogP contribution in [0.3, 0.4) is 0 Å². The molecule has 2 heterocycles. The van der Waals surface area contributed by atoms with Gasteiger partial charge in [-0.25, -0.2) is 4.79 Å². The largest absolute Gasteiger partial charge is 0.497 e. The van der Waals surface area contributed by atoms with Gasteiger partial charge in [0.1, 0.15) is 22.7 Å². The highest BCUT2D eigenvalue weighted by Crippen LogP contribution is 2.44. The molecule has 3 rings (SSSR count). The van der Waals surface area contributed by atoms with Crippen LogP contribution in [-0.2, 0) is 4.74 Å². The summed E-state index contributed by atoms with van der Waals surface area (Å²) in [7, 11) is 1.64. The summed E-state index contributed by atoms with van der Waals surface area (Å²) in [6.45, 7) is 7.42. The fourth-order valence-electron chi connectivity index (χ4n) is 3.54. The standard InChI is InChI=1S/C19H28N2O4/c1-18(2,3)25-17(22)21-15-12-19(7-9-20-10-8-19)24-16-11-13(23-4)5-6-14(15)16/h5-6,11,15,20H,7-10,12H2,1-4H3,(H,21,22). The third-order valence-corrected chi connectivity index (χ3v) is 4.70. The van der Waals surface area contributed by atoms with Crippen molar-refractivity contribution < 1.29 is 19.0 Å². The Kier molecular flexibility index (Phi) is 4.82. The monoisotopic (exact) mass is 348 g/mol. The van der Waals surface area contributed by atoms with Crippen LogP contribution < -0.4 is 20.1 Å². The smallest absolute Gasteiger partial charge is 0.408 e. The van der Waals surface area contributed by atoms with Crippen molar-refractivity contribution in [1.29, 1.82) is 0 Å². The van der Waals surface area contributed by atoms with E-state index < -0.39 is 11.7 Å². The van der Waals surface area contributed by atoms with Crippen molar-refractivity contribution in [3.63, 3.8) is 0 Å². The maximum Gasteiger partial charge on any atom is 0.408 e. The molecule has 0 aromatic heterocycles. The van der Waals surface area contributed by atoms with Crippen LogP contribution in [0.1, 0.15) is 51.6 Å². The Bertz CT molecular complexity index is 633. The number of rotatable bonds is 2. The summed E-state index contributed by atoms with van der Waals surface area (Å²) in [5, 5.41) is 6.41. The van der Waals surface area contributed by atoms with E-state index in [4.69, 9.17) is 14.2 Å². The SMILES string of the molecule is COc1ccc2c(c1)OC1(CCNCC1)CC2NC(=O)OC(C)(C)C. The van der Waals surface area contributed by atoms with Crippen molar-refractivity contribution in [2.45, 2.75) is 57.3 Å². The molecular weight excluding hydrogens is 320 g/mol. The Balaban J connectivity index is 1.87. The fourth-order valence-corrected chi connectivity index (χ4v) is 3.54. The van der Waals surface area contributed by atoms with Crippen LogP contribution in [0.25, 0.3) is 0 Å². The lowest BCUT2D eigenvalue weighted by atomic mass is 9.81. The molecule has 0 aliphatic carbocycles. The van der Waals surface area contributed by atoms with Crippen LogP contribution in [0.4, 0.5) is 4.79 Å². The minimum absolute atomic E-state index is 0.136. The molecule has 2 aliphatic rings. The molecule has 1 fully saturated rings. The van der Waals surface area contributed by atoms with Crippen molar-refractivity contribution in [3.8, 4) is 11.5 Å². The summed E-state index contributed by atoms with van der Waals surface area (Å²) >= 11 is 0. The Morgan fingerprint density at radius 3 is 2.68 bits per heavy atom. The van der Waals surface area contributed by atoms with Gasteiger partial charge in [0.25, 0.3) is 0 Å². The van der Waals surface area contributed by atoms with Gasteiger partial charge in [-0.1, -0.05) is 0 Å². The molecule has 1 atom stereocenters. The van der Waals surface area contributed by atoms with Gasteiger partial charge in [0.2, 0.25) is 0 Å². The Hall–Kier alpha value is -1.95. The number of carbonyl (C=O) groups excluding carboxylic acids is 1. The lowest BCUT2D eigenvalue weighted by molar-refractivity contribution is -0.000544. The Morgan fingerprint density at radius 2 is 2.04 bits per heavy atom. The molecule has 0 saturated carbocycles. The highest BCUT2D eigenvalue weighted by Gasteiger charge is 2.42. The first-order valence-electron chi connectivity index (χ1n) is 8.87. The van der Waals surface area contributed by atoms with Gasteiger partial charge in [-0.15, -0.1) is 0 Å². The molecule has 1 aromatic carbocycles. The number of ether oxygens (including phenoxy) is 3. The van der Waals surface area contributed by atoms with Gasteiger partial charge in [-0.3, -0.25) is 0 Å². The molecule has 0 radical (unpaired) electrons. The van der Waals surface area contributed by atoms with Crippen LogP contribution in [0, 0.1) is 0 Å². The van der Waals surface area contributed by atoms with Crippen molar-refractivity contribution in [1.82, 2.24) is 10.6 Å². The zero-order chi connectivity index (χ0) is 18.1. The van der Waals surface area contributed by atoms with E-state index in [0.717, 1.165) is 49.4 Å². The zero-order valence-corrected chi connectivity index (χ0v) is 15.5. The van der Waals surface area contributed by atoms with Crippen LogP contribution in [0.15, 0.2) is 18.2 Å². The molecule has 1 saturated heterocycles. The van der Waals surface area contributed by atoms with Gasteiger partial charge in [-0.2, -0.15) is 0 Å². The lowest BCUT2D eigenvalue weighted by Crippen LogP contribution is -2.51. The minimum Gasteiger partial charge on any atom is -0.497 e. The number of fused-ring (bicyclic) bond motifs is 1. The number of hydrogen-bond donors (Lipinski definition) is 2. The molecule has 1 unspecified atom stereocenters. The quantitative estimate of drug-likeness (QED) is 0.859. The molecule has 25 heavy (non-hydrogen) atoms. The van der Waals surface area contributed by atoms with E-state index >= 15 is 0 Å². The molecule has 1 amide bonds. The van der Waals surface area contributed by atoms with E-state index in [2.05, 4.69) is 10.6 Å². The Labute approximate surface area is 149 Å². The molecule has 1 aromatic rings. The van der Waals surface area contributed by atoms with Gasteiger partial charge >= 0.3 is 6.09 Å². The number of amides is 1. The van der Waals surface area contributed by atoms with Crippen LogP contribution >= 0.6 is 0 Å². The average molecular weight is 348 g/mol. The molecule has 6 heteroatoms. The molecule has 6 nitrogen and oxygen atoms in total. The second-order valence-corrected chi connectivity index (χ2v) is 7.84. The summed E-state index contributed by atoms with van der Waals surface area (Å²) in [6, 6.07) is 5.63. The predicted molar refractivity (Wildman–Crippen MR) is 95.2 cm³/mol. The molecule has 2 N–H and O–H groups in total. The van der Waals surface area contributed by atoms with E-state index in [1.165, 1.54) is 0 Å². The summed E-state index contributed by atoms with van der Waals surface area (Å²) < 4.78 is 17.2. The Morgan fingerprint density at radius 1 is 1.32 bits per heavy atom. The number of benzene rings is 1. The second kappa shape index (κ2) is 6.75. The van der Waals surface area contributed by atoms with E-state index in [9.17, 15) is 4.79 Å². The van der Waals surface area contributed by atoms with Gasteiger partial charge in [0.05, 0.1) is 13.2 Å². The second-order valence-electron chi connectivity index (χ2n) is 7.84.